The van der Waals surface area contributed by atoms with E-state index in [2.05, 4.69) is 4.72 Å². The number of halogens is 1. The molecule has 1 heterocycles. The van der Waals surface area contributed by atoms with Gasteiger partial charge in [0.25, 0.3) is 10.0 Å². The average Bonchev–Trinajstić information content (AvgIpc) is 3.03. The molecule has 25 heavy (non-hydrogen) atoms. The van der Waals surface area contributed by atoms with E-state index in [4.69, 9.17) is 5.11 Å². The van der Waals surface area contributed by atoms with Gasteiger partial charge in [-0.15, -0.1) is 11.3 Å². The molecule has 128 valence electrons. The molecular formula is C17H12FNO4S2. The minimum Gasteiger partial charge on any atom is -0.478 e. The normalized spacial score (nSPS) is 11.2. The number of carboxylic acid groups (broad SMARTS) is 1. The van der Waals surface area contributed by atoms with Crippen molar-refractivity contribution >= 4 is 33.0 Å². The van der Waals surface area contributed by atoms with Crippen LogP contribution in [0, 0.1) is 5.82 Å². The fourth-order valence-corrected chi connectivity index (χ4v) is 4.18. The fourth-order valence-electron chi connectivity index (χ4n) is 2.19. The van der Waals surface area contributed by atoms with E-state index in [0.29, 0.717) is 5.69 Å². The summed E-state index contributed by atoms with van der Waals surface area (Å²) in [6.45, 7) is 0. The molecule has 0 unspecified atom stereocenters. The number of carbonyl (C=O) groups is 1. The van der Waals surface area contributed by atoms with Gasteiger partial charge in [-0.25, -0.2) is 17.6 Å². The Morgan fingerprint density at radius 1 is 1.08 bits per heavy atom. The lowest BCUT2D eigenvalue weighted by atomic mass is 10.2. The summed E-state index contributed by atoms with van der Waals surface area (Å²) in [6.07, 6.45) is 0. The number of sulfonamides is 1. The zero-order valence-electron chi connectivity index (χ0n) is 12.6. The number of nitrogens with one attached hydrogen (secondary N) is 1. The van der Waals surface area contributed by atoms with Crippen LogP contribution in [0.3, 0.4) is 0 Å². The largest absolute Gasteiger partial charge is 0.478 e. The van der Waals surface area contributed by atoms with Crippen LogP contribution in [0.25, 0.3) is 10.4 Å². The molecule has 0 radical (unpaired) electrons. The molecule has 0 bridgehead atoms. The van der Waals surface area contributed by atoms with E-state index in [9.17, 15) is 17.6 Å². The van der Waals surface area contributed by atoms with Gasteiger partial charge in [0.15, 0.2) is 0 Å². The first-order valence-electron chi connectivity index (χ1n) is 7.06. The molecule has 5 nitrogen and oxygen atoms in total. The number of carboxylic acids is 1. The maximum atomic E-state index is 13.4. The summed E-state index contributed by atoms with van der Waals surface area (Å²) in [4.78, 5) is 11.5. The average molecular weight is 377 g/mol. The number of anilines is 1. The first-order valence-corrected chi connectivity index (χ1v) is 9.43. The number of aromatic carboxylic acids is 1. The van der Waals surface area contributed by atoms with Crippen LogP contribution in [-0.2, 0) is 10.0 Å². The van der Waals surface area contributed by atoms with Crippen molar-refractivity contribution < 1.29 is 22.7 Å². The number of thiophene rings is 1. The SMILES string of the molecule is O=C(O)c1cc(S(=O)(=O)Nc2csc(-c3ccccc3)c2)ccc1F. The highest BCUT2D eigenvalue weighted by Gasteiger charge is 2.19. The Morgan fingerprint density at radius 3 is 2.48 bits per heavy atom. The van der Waals surface area contributed by atoms with Crippen LogP contribution >= 0.6 is 11.3 Å². The Hall–Kier alpha value is -2.71. The van der Waals surface area contributed by atoms with Gasteiger partial charge in [0.2, 0.25) is 0 Å². The van der Waals surface area contributed by atoms with Crippen LogP contribution in [-0.4, -0.2) is 19.5 Å². The molecule has 0 saturated heterocycles. The zero-order chi connectivity index (χ0) is 18.0. The molecule has 1 aromatic heterocycles. The lowest BCUT2D eigenvalue weighted by molar-refractivity contribution is 0.0691. The lowest BCUT2D eigenvalue weighted by Gasteiger charge is -2.07. The Morgan fingerprint density at radius 2 is 1.80 bits per heavy atom. The number of hydrogen-bond donors (Lipinski definition) is 2. The highest BCUT2D eigenvalue weighted by atomic mass is 32.2. The lowest BCUT2D eigenvalue weighted by Crippen LogP contribution is -2.14. The Kier molecular flexibility index (Phi) is 4.56. The van der Waals surface area contributed by atoms with E-state index >= 15 is 0 Å². The van der Waals surface area contributed by atoms with Gasteiger partial charge in [-0.3, -0.25) is 4.72 Å². The molecule has 3 aromatic rings. The fraction of sp³-hybridized carbons (Fsp3) is 0. The van der Waals surface area contributed by atoms with Gasteiger partial charge in [0, 0.05) is 10.3 Å². The molecule has 8 heteroatoms. The predicted octanol–water partition coefficient (Wildman–Crippen LogP) is 4.05. The maximum absolute atomic E-state index is 13.4. The summed E-state index contributed by atoms with van der Waals surface area (Å²) in [5, 5.41) is 10.6. The van der Waals surface area contributed by atoms with Crippen LogP contribution in [0.2, 0.25) is 0 Å². The standard InChI is InChI=1S/C17H12FNO4S2/c18-15-7-6-13(9-14(15)17(20)21)25(22,23)19-12-8-16(24-10-12)11-4-2-1-3-5-11/h1-10,19H,(H,20,21). The Balaban J connectivity index is 1.89. The monoisotopic (exact) mass is 377 g/mol. The third-order valence-corrected chi connectivity index (χ3v) is 5.75. The first kappa shape index (κ1) is 17.1. The molecular weight excluding hydrogens is 365 g/mol. The summed E-state index contributed by atoms with van der Waals surface area (Å²) in [6, 6.07) is 13.8. The second-order valence-electron chi connectivity index (χ2n) is 5.12. The van der Waals surface area contributed by atoms with E-state index < -0.39 is 27.4 Å². The van der Waals surface area contributed by atoms with Crippen LogP contribution in [0.5, 0.6) is 0 Å². The second-order valence-corrected chi connectivity index (χ2v) is 7.71. The highest BCUT2D eigenvalue weighted by Crippen LogP contribution is 2.31. The molecule has 2 N–H and O–H groups in total. The molecule has 0 aliphatic rings. The minimum atomic E-state index is -4.03. The Bertz CT molecular complexity index is 1030. The molecule has 0 fully saturated rings. The molecule has 2 aromatic carbocycles. The molecule has 0 atom stereocenters. The van der Waals surface area contributed by atoms with Crippen LogP contribution in [0.1, 0.15) is 10.4 Å². The van der Waals surface area contributed by atoms with Crippen molar-refractivity contribution in [1.29, 1.82) is 0 Å². The smallest absolute Gasteiger partial charge is 0.338 e. The van der Waals surface area contributed by atoms with Crippen molar-refractivity contribution in [3.63, 3.8) is 0 Å². The first-order chi connectivity index (χ1) is 11.9. The third kappa shape index (κ3) is 3.70. The number of benzene rings is 2. The summed E-state index contributed by atoms with van der Waals surface area (Å²) < 4.78 is 40.6. The summed E-state index contributed by atoms with van der Waals surface area (Å²) in [5.41, 5.74) is 0.608. The van der Waals surface area contributed by atoms with E-state index in [1.54, 1.807) is 11.4 Å². The number of hydrogen-bond acceptors (Lipinski definition) is 4. The second kappa shape index (κ2) is 6.66. The van der Waals surface area contributed by atoms with E-state index in [-0.39, 0.29) is 4.90 Å². The summed E-state index contributed by atoms with van der Waals surface area (Å²) in [7, 11) is -4.03. The van der Waals surface area contributed by atoms with Gasteiger partial charge >= 0.3 is 5.97 Å². The molecule has 3 rings (SSSR count). The van der Waals surface area contributed by atoms with Gasteiger partial charge in [0.1, 0.15) is 5.82 Å². The third-order valence-electron chi connectivity index (χ3n) is 3.39. The van der Waals surface area contributed by atoms with Crippen LogP contribution < -0.4 is 4.72 Å². The van der Waals surface area contributed by atoms with Crippen LogP contribution in [0.15, 0.2) is 64.9 Å². The van der Waals surface area contributed by atoms with Gasteiger partial charge in [0.05, 0.1) is 16.1 Å². The molecule has 0 amide bonds. The predicted molar refractivity (Wildman–Crippen MR) is 93.9 cm³/mol. The Labute approximate surface area is 147 Å². The van der Waals surface area contributed by atoms with Crippen molar-refractivity contribution in [2.45, 2.75) is 4.90 Å². The number of rotatable bonds is 5. The molecule has 0 aliphatic carbocycles. The van der Waals surface area contributed by atoms with Crippen molar-refractivity contribution in [2.24, 2.45) is 0 Å². The van der Waals surface area contributed by atoms with Gasteiger partial charge in [-0.1, -0.05) is 30.3 Å². The van der Waals surface area contributed by atoms with Crippen molar-refractivity contribution in [1.82, 2.24) is 0 Å². The van der Waals surface area contributed by atoms with Crippen molar-refractivity contribution in [2.75, 3.05) is 4.72 Å². The van der Waals surface area contributed by atoms with Gasteiger partial charge in [-0.05, 0) is 29.8 Å². The quantitative estimate of drug-likeness (QED) is 0.703. The maximum Gasteiger partial charge on any atom is 0.338 e. The summed E-state index contributed by atoms with van der Waals surface area (Å²) >= 11 is 1.37. The van der Waals surface area contributed by atoms with Gasteiger partial charge < -0.3 is 5.11 Å². The topological polar surface area (TPSA) is 83.5 Å². The highest BCUT2D eigenvalue weighted by molar-refractivity contribution is 7.92. The van der Waals surface area contributed by atoms with E-state index in [0.717, 1.165) is 28.6 Å². The molecule has 0 spiro atoms. The van der Waals surface area contributed by atoms with E-state index in [1.165, 1.54) is 11.3 Å². The molecule has 0 aliphatic heterocycles. The van der Waals surface area contributed by atoms with E-state index in [1.807, 2.05) is 30.3 Å². The van der Waals surface area contributed by atoms with Crippen LogP contribution in [0.4, 0.5) is 10.1 Å². The van der Waals surface area contributed by atoms with Crippen molar-refractivity contribution in [3.8, 4) is 10.4 Å². The zero-order valence-corrected chi connectivity index (χ0v) is 14.3. The van der Waals surface area contributed by atoms with Gasteiger partial charge in [-0.2, -0.15) is 0 Å². The minimum absolute atomic E-state index is 0.321. The van der Waals surface area contributed by atoms with Crippen molar-refractivity contribution in [3.05, 3.63) is 71.4 Å². The molecule has 0 saturated carbocycles. The summed E-state index contributed by atoms with van der Waals surface area (Å²) in [5.74, 6) is -2.52.